The molecular weight excluding hydrogens is 467 g/mol. The molecule has 1 saturated heterocycles. The van der Waals surface area contributed by atoms with Crippen molar-refractivity contribution in [3.8, 4) is 5.75 Å². The van der Waals surface area contributed by atoms with Crippen molar-refractivity contribution in [2.45, 2.75) is 50.7 Å². The van der Waals surface area contributed by atoms with E-state index in [-0.39, 0.29) is 25.3 Å². The number of benzene rings is 2. The number of nitrogens with zero attached hydrogens (tertiary/aromatic N) is 3. The topological polar surface area (TPSA) is 56.4 Å². The number of alkyl halides is 3. The summed E-state index contributed by atoms with van der Waals surface area (Å²) in [6.45, 7) is 4.87. The molecule has 1 fully saturated rings. The monoisotopic (exact) mass is 501 g/mol. The molecule has 2 N–H and O–H groups in total. The summed E-state index contributed by atoms with van der Waals surface area (Å²) in [4.78, 5) is 4.12. The fourth-order valence-electron chi connectivity index (χ4n) is 5.73. The summed E-state index contributed by atoms with van der Waals surface area (Å²) in [6.07, 6.45) is 3.05. The Hall–Kier alpha value is -2.78. The smallest absolute Gasteiger partial charge is 0.257 e. The fourth-order valence-corrected chi connectivity index (χ4v) is 5.73. The molecule has 3 heterocycles. The Labute approximate surface area is 209 Å². The van der Waals surface area contributed by atoms with Gasteiger partial charge in [0, 0.05) is 55.3 Å². The molecule has 2 atom stereocenters. The Bertz CT molecular complexity index is 1200. The second kappa shape index (κ2) is 9.94. The zero-order chi connectivity index (χ0) is 25.4. The third-order valence-electron chi connectivity index (χ3n) is 7.39. The number of rotatable bonds is 9. The molecule has 2 aliphatic rings. The molecule has 0 unspecified atom stereocenters. The molecule has 0 saturated carbocycles. The summed E-state index contributed by atoms with van der Waals surface area (Å²) < 4.78 is 47.0. The quantitative estimate of drug-likeness (QED) is 0.431. The molecule has 0 bridgehead atoms. The van der Waals surface area contributed by atoms with Gasteiger partial charge in [0.2, 0.25) is 0 Å². The first-order chi connectivity index (χ1) is 17.3. The molecule has 5 rings (SSSR count). The van der Waals surface area contributed by atoms with Crippen molar-refractivity contribution in [2.24, 2.45) is 0 Å². The van der Waals surface area contributed by atoms with E-state index >= 15 is 0 Å². The summed E-state index contributed by atoms with van der Waals surface area (Å²) in [5.41, 5.74) is 4.88. The minimum atomic E-state index is -2.84. The largest absolute Gasteiger partial charge is 0.496 e. The van der Waals surface area contributed by atoms with Gasteiger partial charge in [0.05, 0.1) is 44.1 Å². The maximum atomic E-state index is 14.4. The van der Waals surface area contributed by atoms with Crippen molar-refractivity contribution >= 4 is 16.6 Å². The van der Waals surface area contributed by atoms with Gasteiger partial charge in [0.25, 0.3) is 5.92 Å². The van der Waals surface area contributed by atoms with Crippen LogP contribution < -0.4 is 10.1 Å². The molecule has 3 aromatic rings. The van der Waals surface area contributed by atoms with Gasteiger partial charge >= 0.3 is 0 Å². The zero-order valence-corrected chi connectivity index (χ0v) is 21.0. The first-order valence-corrected chi connectivity index (χ1v) is 12.6. The predicted molar refractivity (Wildman–Crippen MR) is 136 cm³/mol. The normalized spacial score (nSPS) is 21.4. The molecule has 0 aliphatic carbocycles. The van der Waals surface area contributed by atoms with Crippen LogP contribution in [0.4, 0.5) is 18.9 Å². The molecule has 1 aromatic heterocycles. The van der Waals surface area contributed by atoms with E-state index in [1.54, 1.807) is 7.11 Å². The van der Waals surface area contributed by atoms with Crippen LogP contribution in [-0.4, -0.2) is 78.0 Å². The van der Waals surface area contributed by atoms with Crippen molar-refractivity contribution in [2.75, 3.05) is 45.3 Å². The standard InChI is InChI=1S/C27H34F3N5O/c1-17-11-22-20(7-8-24-23(22)13-31-33-24)26(35(17)16-27(2,29)30)21-6-5-18(12-25(21)36-3)32-19-14-34(15-19)10-4-9-28/h5-8,12-13,17,19,26,32H,4,9-11,14-16H2,1-3H3,(H,31,33)/t17-,26+/m1/s1. The van der Waals surface area contributed by atoms with E-state index < -0.39 is 5.92 Å². The van der Waals surface area contributed by atoms with Crippen molar-refractivity contribution in [1.82, 2.24) is 20.0 Å². The number of methoxy groups -OCH3 is 1. The minimum absolute atomic E-state index is 0.0957. The first kappa shape index (κ1) is 24.9. The Morgan fingerprint density at radius 2 is 1.97 bits per heavy atom. The number of aromatic nitrogens is 2. The Morgan fingerprint density at radius 1 is 1.19 bits per heavy atom. The molecule has 0 radical (unpaired) electrons. The van der Waals surface area contributed by atoms with Crippen molar-refractivity contribution in [3.63, 3.8) is 0 Å². The molecule has 194 valence electrons. The van der Waals surface area contributed by atoms with E-state index in [0.29, 0.717) is 24.6 Å². The molecule has 9 heteroatoms. The lowest BCUT2D eigenvalue weighted by molar-refractivity contribution is -0.0364. The molecule has 2 aromatic carbocycles. The number of fused-ring (bicyclic) bond motifs is 3. The van der Waals surface area contributed by atoms with Crippen LogP contribution in [0, 0.1) is 0 Å². The van der Waals surface area contributed by atoms with Crippen LogP contribution in [-0.2, 0) is 6.42 Å². The number of ether oxygens (including phenoxy) is 1. The number of hydrogen-bond acceptors (Lipinski definition) is 5. The fraction of sp³-hybridized carbons (Fsp3) is 0.519. The highest BCUT2D eigenvalue weighted by atomic mass is 19.3. The number of likely N-dealkylation sites (tertiary alicyclic amines) is 1. The Balaban J connectivity index is 1.48. The van der Waals surface area contributed by atoms with Gasteiger partial charge in [-0.15, -0.1) is 0 Å². The molecule has 36 heavy (non-hydrogen) atoms. The second-order valence-corrected chi connectivity index (χ2v) is 10.3. The average molecular weight is 502 g/mol. The third-order valence-corrected chi connectivity index (χ3v) is 7.39. The molecule has 2 aliphatic heterocycles. The van der Waals surface area contributed by atoms with Crippen LogP contribution >= 0.6 is 0 Å². The van der Waals surface area contributed by atoms with Crippen molar-refractivity contribution in [1.29, 1.82) is 0 Å². The number of H-pyrrole nitrogens is 1. The average Bonchev–Trinajstić information content (AvgIpc) is 3.30. The van der Waals surface area contributed by atoms with Crippen LogP contribution in [0.25, 0.3) is 10.9 Å². The maximum absolute atomic E-state index is 14.4. The van der Waals surface area contributed by atoms with E-state index in [9.17, 15) is 13.2 Å². The highest BCUT2D eigenvalue weighted by Gasteiger charge is 2.40. The lowest BCUT2D eigenvalue weighted by atomic mass is 9.83. The Morgan fingerprint density at radius 3 is 2.69 bits per heavy atom. The van der Waals surface area contributed by atoms with Gasteiger partial charge in [-0.25, -0.2) is 8.78 Å². The van der Waals surface area contributed by atoms with Gasteiger partial charge in [-0.1, -0.05) is 12.1 Å². The summed E-state index contributed by atoms with van der Waals surface area (Å²) >= 11 is 0. The van der Waals surface area contributed by atoms with Crippen molar-refractivity contribution in [3.05, 3.63) is 53.2 Å². The molecule has 0 spiro atoms. The lowest BCUT2D eigenvalue weighted by Crippen LogP contribution is -2.54. The first-order valence-electron chi connectivity index (χ1n) is 12.6. The summed E-state index contributed by atoms with van der Waals surface area (Å²) in [6, 6.07) is 9.77. The van der Waals surface area contributed by atoms with Gasteiger partial charge in [0.1, 0.15) is 5.75 Å². The van der Waals surface area contributed by atoms with Gasteiger partial charge in [-0.2, -0.15) is 5.10 Å². The van der Waals surface area contributed by atoms with E-state index in [1.165, 1.54) is 0 Å². The number of hydrogen-bond donors (Lipinski definition) is 2. The van der Waals surface area contributed by atoms with E-state index in [4.69, 9.17) is 4.74 Å². The summed E-state index contributed by atoms with van der Waals surface area (Å²) in [5, 5.41) is 11.8. The van der Waals surface area contributed by atoms with E-state index in [2.05, 4.69) is 20.4 Å². The second-order valence-electron chi connectivity index (χ2n) is 10.3. The van der Waals surface area contributed by atoms with Gasteiger partial charge in [-0.3, -0.25) is 19.3 Å². The van der Waals surface area contributed by atoms with Gasteiger partial charge < -0.3 is 10.1 Å². The van der Waals surface area contributed by atoms with Crippen LogP contribution in [0.15, 0.2) is 36.5 Å². The summed E-state index contributed by atoms with van der Waals surface area (Å²) in [5.74, 6) is -2.17. The third kappa shape index (κ3) is 4.91. The van der Waals surface area contributed by atoms with Gasteiger partial charge in [0.15, 0.2) is 0 Å². The maximum Gasteiger partial charge on any atom is 0.257 e. The number of nitrogens with one attached hydrogen (secondary N) is 2. The summed E-state index contributed by atoms with van der Waals surface area (Å²) in [7, 11) is 1.62. The molecular formula is C27H34F3N5O. The number of aromatic amines is 1. The number of anilines is 1. The van der Waals surface area contributed by atoms with Crippen LogP contribution in [0.2, 0.25) is 0 Å². The highest BCUT2D eigenvalue weighted by Crippen LogP contribution is 2.44. The van der Waals surface area contributed by atoms with Crippen LogP contribution in [0.5, 0.6) is 5.75 Å². The number of halogens is 3. The predicted octanol–water partition coefficient (Wildman–Crippen LogP) is 5.02. The Kier molecular flexibility index (Phi) is 6.87. The van der Waals surface area contributed by atoms with Crippen LogP contribution in [0.1, 0.15) is 43.0 Å². The SMILES string of the molecule is COc1cc(NC2CN(CCCF)C2)ccc1[C@@H]1c2ccc3[nH]ncc3c2C[C@@H](C)N1CC(C)(F)F. The van der Waals surface area contributed by atoms with Crippen LogP contribution in [0.3, 0.4) is 0 Å². The highest BCUT2D eigenvalue weighted by molar-refractivity contribution is 5.83. The molecule has 0 amide bonds. The van der Waals surface area contributed by atoms with E-state index in [1.807, 2.05) is 48.4 Å². The van der Waals surface area contributed by atoms with Gasteiger partial charge in [-0.05, 0) is 43.0 Å². The van der Waals surface area contributed by atoms with E-state index in [0.717, 1.165) is 59.8 Å². The molecule has 6 nitrogen and oxygen atoms in total. The lowest BCUT2D eigenvalue weighted by Gasteiger charge is -2.44. The zero-order valence-electron chi connectivity index (χ0n) is 21.0. The minimum Gasteiger partial charge on any atom is -0.496 e. The van der Waals surface area contributed by atoms with Crippen molar-refractivity contribution < 1.29 is 17.9 Å².